The van der Waals surface area contributed by atoms with Crippen LogP contribution in [0.4, 0.5) is 34.1 Å². The van der Waals surface area contributed by atoms with Gasteiger partial charge in [0.15, 0.2) is 0 Å². The molecule has 24 rings (SSSR count). The molecule has 20 aromatic carbocycles. The summed E-state index contributed by atoms with van der Waals surface area (Å²) in [5.74, 6) is 0. The fraction of sp³-hybridized carbons (Fsp3) is 0. The number of nitrogens with zero attached hydrogens (tertiary/aromatic N) is 2. The van der Waals surface area contributed by atoms with Gasteiger partial charge in [-0.15, -0.1) is 34.0 Å². The van der Waals surface area contributed by atoms with Crippen molar-refractivity contribution in [3.8, 4) is 100 Å². The van der Waals surface area contributed by atoms with Gasteiger partial charge in [-0.25, -0.2) is 0 Å². The topological polar surface area (TPSA) is 19.6 Å². The van der Waals surface area contributed by atoms with E-state index in [1.165, 1.54) is 138 Å². The van der Waals surface area contributed by atoms with Crippen molar-refractivity contribution in [3.63, 3.8) is 0 Å². The summed E-state index contributed by atoms with van der Waals surface area (Å²) < 4.78 is 14.7. The smallest absolute Gasteiger partial charge is 0.136 e. The quantitative estimate of drug-likeness (QED) is 0.102. The van der Waals surface area contributed by atoms with Crippen molar-refractivity contribution in [3.05, 3.63) is 437 Å². The predicted molar refractivity (Wildman–Crippen MR) is 526 cm³/mol. The van der Waals surface area contributed by atoms with Crippen molar-refractivity contribution in [2.24, 2.45) is 0 Å². The van der Waals surface area contributed by atoms with E-state index in [0.29, 0.717) is 0 Å². The molecular formula is C116H72N2OS3. The summed E-state index contributed by atoms with van der Waals surface area (Å²) in [6, 6.07) is 161. The molecule has 0 unspecified atom stereocenters. The lowest BCUT2D eigenvalue weighted by Crippen LogP contribution is -2.11. The van der Waals surface area contributed by atoms with E-state index >= 15 is 0 Å². The van der Waals surface area contributed by atoms with Crippen molar-refractivity contribution in [2.45, 2.75) is 0 Å². The van der Waals surface area contributed by atoms with Gasteiger partial charge in [0, 0.05) is 105 Å². The number of rotatable bonds is 15. The molecule has 122 heavy (non-hydrogen) atoms. The van der Waals surface area contributed by atoms with Crippen LogP contribution in [-0.4, -0.2) is 0 Å². The third-order valence-electron chi connectivity index (χ3n) is 24.7. The van der Waals surface area contributed by atoms with Gasteiger partial charge in [0.1, 0.15) is 11.2 Å². The molecule has 0 aliphatic heterocycles. The molecule has 0 aliphatic rings. The van der Waals surface area contributed by atoms with Crippen LogP contribution in [0.2, 0.25) is 0 Å². The summed E-state index contributed by atoms with van der Waals surface area (Å²) in [7, 11) is 0. The van der Waals surface area contributed by atoms with E-state index < -0.39 is 0 Å². The minimum atomic E-state index is 0.848. The van der Waals surface area contributed by atoms with Gasteiger partial charge in [0.05, 0.1) is 11.4 Å². The van der Waals surface area contributed by atoms with Crippen LogP contribution >= 0.6 is 34.0 Å². The molecule has 0 saturated carbocycles. The second-order valence-corrected chi connectivity index (χ2v) is 34.8. The maximum atomic E-state index is 6.84. The number of thiophene rings is 3. The molecule has 0 N–H and O–H groups in total. The monoisotopic (exact) mass is 1600 g/mol. The number of anilines is 6. The van der Waals surface area contributed by atoms with E-state index in [1.54, 1.807) is 0 Å². The van der Waals surface area contributed by atoms with Gasteiger partial charge in [-0.1, -0.05) is 322 Å². The average Bonchev–Trinajstić information content (AvgIpc) is 1.54. The highest BCUT2D eigenvalue weighted by atomic mass is 32.1. The Balaban J connectivity index is 0.550. The van der Waals surface area contributed by atoms with Crippen LogP contribution in [0.5, 0.6) is 0 Å². The zero-order chi connectivity index (χ0) is 80.3. The highest BCUT2D eigenvalue weighted by Gasteiger charge is 2.24. The lowest BCUT2D eigenvalue weighted by molar-refractivity contribution is 0.669. The highest BCUT2D eigenvalue weighted by molar-refractivity contribution is 7.27. The molecule has 6 heteroatoms. The van der Waals surface area contributed by atoms with Gasteiger partial charge in [-0.2, -0.15) is 0 Å². The minimum Gasteiger partial charge on any atom is -0.456 e. The Morgan fingerprint density at radius 1 is 0.164 bits per heavy atom. The van der Waals surface area contributed by atoms with Gasteiger partial charge in [-0.3, -0.25) is 0 Å². The number of fused-ring (bicyclic) bond motifs is 14. The van der Waals surface area contributed by atoms with Crippen LogP contribution in [0, 0.1) is 0 Å². The van der Waals surface area contributed by atoms with Crippen LogP contribution in [-0.2, 0) is 0 Å². The van der Waals surface area contributed by atoms with Gasteiger partial charge in [0.25, 0.3) is 0 Å². The zero-order valence-electron chi connectivity index (χ0n) is 66.1. The molecule has 0 spiro atoms. The van der Waals surface area contributed by atoms with E-state index in [2.05, 4.69) is 447 Å². The van der Waals surface area contributed by atoms with Gasteiger partial charge >= 0.3 is 0 Å². The summed E-state index contributed by atoms with van der Waals surface area (Å²) in [5, 5.41) is 14.8. The van der Waals surface area contributed by atoms with E-state index in [4.69, 9.17) is 4.42 Å². The molecule has 570 valence electrons. The Bertz CT molecular complexity index is 8110. The van der Waals surface area contributed by atoms with E-state index in [0.717, 1.165) is 101 Å². The largest absolute Gasteiger partial charge is 0.456 e. The van der Waals surface area contributed by atoms with Crippen molar-refractivity contribution in [2.75, 3.05) is 9.80 Å². The van der Waals surface area contributed by atoms with Crippen molar-refractivity contribution in [1.82, 2.24) is 0 Å². The number of para-hydroxylation sites is 2. The van der Waals surface area contributed by atoms with Crippen LogP contribution < -0.4 is 9.80 Å². The second-order valence-electron chi connectivity index (χ2n) is 31.7. The Kier molecular flexibility index (Phi) is 17.2. The van der Waals surface area contributed by atoms with Crippen LogP contribution in [0.15, 0.2) is 441 Å². The van der Waals surface area contributed by atoms with Crippen molar-refractivity contribution >= 4 is 172 Å². The number of benzene rings is 20. The first kappa shape index (κ1) is 71.1. The number of hydrogen-bond donors (Lipinski definition) is 0. The number of furan rings is 1. The van der Waals surface area contributed by atoms with E-state index in [9.17, 15) is 0 Å². The highest BCUT2D eigenvalue weighted by Crippen LogP contribution is 2.51. The molecule has 0 bridgehead atoms. The molecule has 4 heterocycles. The lowest BCUT2D eigenvalue weighted by atomic mass is 9.91. The molecule has 0 atom stereocenters. The van der Waals surface area contributed by atoms with Crippen LogP contribution in [0.1, 0.15) is 0 Å². The average molecular weight is 1610 g/mol. The summed E-state index contributed by atoms with van der Waals surface area (Å²) in [6.45, 7) is 0. The third kappa shape index (κ3) is 12.2. The van der Waals surface area contributed by atoms with E-state index in [1.807, 2.05) is 34.0 Å². The summed E-state index contributed by atoms with van der Waals surface area (Å²) >= 11 is 5.62. The molecule has 0 amide bonds. The molecule has 0 radical (unpaired) electrons. The Hall–Kier alpha value is -15.0. The fourth-order valence-electron chi connectivity index (χ4n) is 18.9. The minimum absolute atomic E-state index is 0.848. The first-order valence-corrected chi connectivity index (χ1v) is 44.0. The fourth-order valence-corrected chi connectivity index (χ4v) is 22.6. The van der Waals surface area contributed by atoms with E-state index in [-0.39, 0.29) is 0 Å². The summed E-state index contributed by atoms with van der Waals surface area (Å²) in [5.41, 5.74) is 29.2. The third-order valence-corrected chi connectivity index (χ3v) is 28.4. The zero-order valence-corrected chi connectivity index (χ0v) is 68.5. The normalized spacial score (nSPS) is 11.8. The van der Waals surface area contributed by atoms with Crippen molar-refractivity contribution in [1.29, 1.82) is 0 Å². The molecule has 0 fully saturated rings. The standard InChI is InChI=1S/C116H72N2OS3/c1-2-27-88-74(21-1)22-15-33-89(88)79-23-13-25-81(69-79)92-28-3-8-44-107(92)117(85-61-51-75(52-62-85)94-36-18-41-103-100-30-5-10-46-111(100)120-114(94)103)84-59-49-73(50-60-84)78-57-67-99-106-71-83(58-68-109(106)119-110(99)72-78)91-35-17-39-97-90(34-16-40-98(91)97)80-24-14-26-82(70-80)93-29-4-9-45-108(93)118(86-63-53-76(54-64-86)95-37-19-42-104-101-31-6-11-47-112(101)121-115(95)104)87-65-55-77(56-66-87)96-38-20-43-105-102-32-7-12-48-113(102)122-116(96)105/h1-72H. The predicted octanol–water partition coefficient (Wildman–Crippen LogP) is 34.9. The first-order chi connectivity index (χ1) is 60.5. The van der Waals surface area contributed by atoms with Crippen LogP contribution in [0.25, 0.3) is 204 Å². The second kappa shape index (κ2) is 29.5. The first-order valence-electron chi connectivity index (χ1n) is 41.6. The molecule has 4 aromatic heterocycles. The maximum Gasteiger partial charge on any atom is 0.136 e. The maximum absolute atomic E-state index is 6.84. The molecule has 0 aliphatic carbocycles. The molecule has 24 aromatic rings. The van der Waals surface area contributed by atoms with Gasteiger partial charge < -0.3 is 14.2 Å². The SMILES string of the molecule is c1cc(-c2ccccc2N(c2ccc(-c3ccc4c(c3)oc3ccc(-c5cccc6c(-c7cccc(-c8ccccc8N(c8ccc(-c9cccc%10c9sc9ccccc9%10)cc8)c8ccc(-c9cccc%10c9sc9ccccc9%10)cc8)c7)cccc56)cc34)cc2)c2ccc(-c3cccc4c3sc3ccccc34)cc2)cc(-c2cccc3ccccc23)c1. The summed E-state index contributed by atoms with van der Waals surface area (Å²) in [6.07, 6.45) is 0. The molecule has 3 nitrogen and oxygen atoms in total. The Morgan fingerprint density at radius 2 is 0.475 bits per heavy atom. The van der Waals surface area contributed by atoms with Crippen molar-refractivity contribution < 1.29 is 4.42 Å². The Labute approximate surface area is 717 Å². The molecular weight excluding hydrogens is 1530 g/mol. The van der Waals surface area contributed by atoms with Gasteiger partial charge in [0.2, 0.25) is 0 Å². The molecule has 0 saturated heterocycles. The van der Waals surface area contributed by atoms with Crippen LogP contribution in [0.3, 0.4) is 0 Å². The lowest BCUT2D eigenvalue weighted by Gasteiger charge is -2.28. The number of hydrogen-bond acceptors (Lipinski definition) is 6. The van der Waals surface area contributed by atoms with Gasteiger partial charge in [-0.05, 0) is 226 Å². The Morgan fingerprint density at radius 3 is 0.934 bits per heavy atom. The summed E-state index contributed by atoms with van der Waals surface area (Å²) in [4.78, 5) is 4.86.